The van der Waals surface area contributed by atoms with Gasteiger partial charge in [0.1, 0.15) is 0 Å². The molecule has 0 aromatic rings. The van der Waals surface area contributed by atoms with Crippen molar-refractivity contribution in [3.8, 4) is 0 Å². The Hall–Kier alpha value is 0.270. The highest BCUT2D eigenvalue weighted by molar-refractivity contribution is 7.99. The second kappa shape index (κ2) is 5.72. The van der Waals surface area contributed by atoms with Gasteiger partial charge in [0.25, 0.3) is 0 Å². The van der Waals surface area contributed by atoms with E-state index in [9.17, 15) is 0 Å². The summed E-state index contributed by atoms with van der Waals surface area (Å²) in [5.41, 5.74) is 0.616. The first-order valence-electron chi connectivity index (χ1n) is 7.36. The minimum Gasteiger partial charge on any atom is -0.374 e. The molecule has 1 spiro atoms. The van der Waals surface area contributed by atoms with E-state index in [0.717, 1.165) is 13.2 Å². The standard InChI is InChI=1S/C15H29NOS/c1-12(14(2,3)4)10-16-13-5-7-17-15(9-13)6-8-18-11-15/h12-13,16H,5-11H2,1-4H3. The summed E-state index contributed by atoms with van der Waals surface area (Å²) in [6.07, 6.45) is 3.66. The van der Waals surface area contributed by atoms with Gasteiger partial charge in [0.05, 0.1) is 5.60 Å². The smallest absolute Gasteiger partial charge is 0.0795 e. The van der Waals surface area contributed by atoms with E-state index in [2.05, 4.69) is 44.8 Å². The molecule has 0 bridgehead atoms. The largest absolute Gasteiger partial charge is 0.374 e. The maximum absolute atomic E-state index is 6.07. The summed E-state index contributed by atoms with van der Waals surface area (Å²) in [6, 6.07) is 0.669. The first-order valence-corrected chi connectivity index (χ1v) is 8.52. The van der Waals surface area contributed by atoms with Gasteiger partial charge < -0.3 is 10.1 Å². The van der Waals surface area contributed by atoms with Crippen molar-refractivity contribution in [1.82, 2.24) is 5.32 Å². The van der Waals surface area contributed by atoms with Gasteiger partial charge >= 0.3 is 0 Å². The molecule has 18 heavy (non-hydrogen) atoms. The third kappa shape index (κ3) is 3.64. The molecule has 3 heteroatoms. The topological polar surface area (TPSA) is 21.3 Å². The van der Waals surface area contributed by atoms with Gasteiger partial charge in [0, 0.05) is 18.4 Å². The molecular weight excluding hydrogens is 242 g/mol. The van der Waals surface area contributed by atoms with Crippen LogP contribution in [0.2, 0.25) is 0 Å². The first kappa shape index (κ1) is 14.7. The molecule has 3 atom stereocenters. The molecule has 106 valence electrons. The van der Waals surface area contributed by atoms with Crippen molar-refractivity contribution in [2.75, 3.05) is 24.7 Å². The molecule has 0 aromatic heterocycles. The maximum Gasteiger partial charge on any atom is 0.0795 e. The van der Waals surface area contributed by atoms with Crippen molar-refractivity contribution in [2.24, 2.45) is 11.3 Å². The van der Waals surface area contributed by atoms with Gasteiger partial charge in [-0.2, -0.15) is 11.8 Å². The lowest BCUT2D eigenvalue weighted by Gasteiger charge is -2.39. The third-order valence-corrected chi connectivity index (χ3v) is 5.97. The van der Waals surface area contributed by atoms with Crippen molar-refractivity contribution >= 4 is 11.8 Å². The first-order chi connectivity index (χ1) is 8.41. The van der Waals surface area contributed by atoms with Crippen molar-refractivity contribution in [3.05, 3.63) is 0 Å². The van der Waals surface area contributed by atoms with E-state index in [1.807, 2.05) is 0 Å². The van der Waals surface area contributed by atoms with E-state index in [1.165, 1.54) is 30.8 Å². The van der Waals surface area contributed by atoms with Crippen LogP contribution in [0.4, 0.5) is 0 Å². The highest BCUT2D eigenvalue weighted by atomic mass is 32.2. The van der Waals surface area contributed by atoms with Crippen LogP contribution < -0.4 is 5.32 Å². The lowest BCUT2D eigenvalue weighted by atomic mass is 9.81. The SMILES string of the molecule is CC(CNC1CCOC2(CCSC2)C1)C(C)(C)C. The third-order valence-electron chi connectivity index (χ3n) is 4.75. The minimum absolute atomic E-state index is 0.214. The quantitative estimate of drug-likeness (QED) is 0.851. The fourth-order valence-electron chi connectivity index (χ4n) is 2.71. The van der Waals surface area contributed by atoms with E-state index in [0.29, 0.717) is 17.4 Å². The van der Waals surface area contributed by atoms with Crippen LogP contribution >= 0.6 is 11.8 Å². The number of ether oxygens (including phenoxy) is 1. The van der Waals surface area contributed by atoms with Crippen molar-refractivity contribution in [1.29, 1.82) is 0 Å². The maximum atomic E-state index is 6.07. The van der Waals surface area contributed by atoms with Crippen LogP contribution in [-0.4, -0.2) is 36.3 Å². The van der Waals surface area contributed by atoms with E-state index in [1.54, 1.807) is 0 Å². The lowest BCUT2D eigenvalue weighted by Crippen LogP contribution is -2.48. The van der Waals surface area contributed by atoms with Gasteiger partial charge in [-0.3, -0.25) is 0 Å². The molecule has 2 nitrogen and oxygen atoms in total. The summed E-state index contributed by atoms with van der Waals surface area (Å²) in [6.45, 7) is 11.4. The zero-order valence-corrected chi connectivity index (χ0v) is 13.2. The van der Waals surface area contributed by atoms with Gasteiger partial charge in [-0.05, 0) is 42.9 Å². The molecule has 3 unspecified atom stereocenters. The molecule has 1 N–H and O–H groups in total. The van der Waals surface area contributed by atoms with Gasteiger partial charge in [-0.1, -0.05) is 27.7 Å². The Morgan fingerprint density at radius 2 is 2.22 bits per heavy atom. The highest BCUT2D eigenvalue weighted by Crippen LogP contribution is 2.38. The lowest BCUT2D eigenvalue weighted by molar-refractivity contribution is -0.0707. The Morgan fingerprint density at radius 3 is 2.83 bits per heavy atom. The summed E-state index contributed by atoms with van der Waals surface area (Å²) in [5, 5.41) is 3.79. The van der Waals surface area contributed by atoms with Crippen molar-refractivity contribution in [3.63, 3.8) is 0 Å². The monoisotopic (exact) mass is 271 g/mol. The predicted molar refractivity (Wildman–Crippen MR) is 80.3 cm³/mol. The highest BCUT2D eigenvalue weighted by Gasteiger charge is 2.40. The van der Waals surface area contributed by atoms with Crippen molar-refractivity contribution in [2.45, 2.75) is 58.6 Å². The molecule has 0 aromatic carbocycles. The van der Waals surface area contributed by atoms with Crippen LogP contribution in [0, 0.1) is 11.3 Å². The summed E-state index contributed by atoms with van der Waals surface area (Å²) < 4.78 is 6.07. The van der Waals surface area contributed by atoms with Gasteiger partial charge in [0.2, 0.25) is 0 Å². The normalized spacial score (nSPS) is 35.0. The van der Waals surface area contributed by atoms with E-state index in [4.69, 9.17) is 4.74 Å². The molecule has 0 aliphatic carbocycles. The van der Waals surface area contributed by atoms with Gasteiger partial charge in [0.15, 0.2) is 0 Å². The molecule has 0 amide bonds. The fraction of sp³-hybridized carbons (Fsp3) is 1.00. The molecular formula is C15H29NOS. The zero-order chi connectivity index (χ0) is 13.2. The van der Waals surface area contributed by atoms with Crippen LogP contribution in [0.25, 0.3) is 0 Å². The molecule has 0 radical (unpaired) electrons. The second-order valence-corrected chi connectivity index (χ2v) is 8.30. The van der Waals surface area contributed by atoms with E-state index in [-0.39, 0.29) is 5.60 Å². The van der Waals surface area contributed by atoms with Crippen molar-refractivity contribution < 1.29 is 4.74 Å². The number of hydrogen-bond acceptors (Lipinski definition) is 3. The summed E-state index contributed by atoms with van der Waals surface area (Å²) in [7, 11) is 0. The minimum atomic E-state index is 0.214. The number of rotatable bonds is 3. The summed E-state index contributed by atoms with van der Waals surface area (Å²) >= 11 is 2.06. The number of nitrogens with one attached hydrogen (secondary N) is 1. The molecule has 2 rings (SSSR count). The zero-order valence-electron chi connectivity index (χ0n) is 12.4. The number of hydrogen-bond donors (Lipinski definition) is 1. The Bertz CT molecular complexity index is 268. The molecule has 2 aliphatic rings. The predicted octanol–water partition coefficient (Wildman–Crippen LogP) is 3.31. The van der Waals surface area contributed by atoms with Crippen LogP contribution in [0.1, 0.15) is 47.0 Å². The van der Waals surface area contributed by atoms with Crippen LogP contribution in [0.5, 0.6) is 0 Å². The van der Waals surface area contributed by atoms with Crippen LogP contribution in [-0.2, 0) is 4.74 Å². The Kier molecular flexibility index (Phi) is 4.66. The Balaban J connectivity index is 1.79. The average molecular weight is 271 g/mol. The van der Waals surface area contributed by atoms with Crippen LogP contribution in [0.3, 0.4) is 0 Å². The summed E-state index contributed by atoms with van der Waals surface area (Å²) in [5.74, 6) is 3.21. The van der Waals surface area contributed by atoms with E-state index >= 15 is 0 Å². The fourth-order valence-corrected chi connectivity index (χ4v) is 4.09. The number of thioether (sulfide) groups is 1. The summed E-state index contributed by atoms with van der Waals surface area (Å²) in [4.78, 5) is 0. The Morgan fingerprint density at radius 1 is 1.44 bits per heavy atom. The molecule has 2 aliphatic heterocycles. The van der Waals surface area contributed by atoms with Crippen LogP contribution in [0.15, 0.2) is 0 Å². The molecule has 2 fully saturated rings. The van der Waals surface area contributed by atoms with Gasteiger partial charge in [-0.25, -0.2) is 0 Å². The Labute approximate surface area is 117 Å². The molecule has 2 saturated heterocycles. The van der Waals surface area contributed by atoms with E-state index < -0.39 is 0 Å². The second-order valence-electron chi connectivity index (χ2n) is 7.20. The van der Waals surface area contributed by atoms with Gasteiger partial charge in [-0.15, -0.1) is 0 Å². The molecule has 2 heterocycles. The average Bonchev–Trinajstić information content (AvgIpc) is 2.73. The molecule has 0 saturated carbocycles.